The van der Waals surface area contributed by atoms with E-state index in [4.69, 9.17) is 11.6 Å². The lowest BCUT2D eigenvalue weighted by Crippen LogP contribution is -2.35. The van der Waals surface area contributed by atoms with Crippen molar-refractivity contribution in [2.75, 3.05) is 5.32 Å². The van der Waals surface area contributed by atoms with Gasteiger partial charge in [-0.05, 0) is 59.1 Å². The number of urea groups is 1. The molecule has 0 saturated carbocycles. The summed E-state index contributed by atoms with van der Waals surface area (Å²) in [5, 5.41) is 6.25. The molecule has 2 aromatic heterocycles. The number of halogens is 1. The third-order valence-electron chi connectivity index (χ3n) is 5.08. The molecule has 0 aliphatic rings. The maximum atomic E-state index is 13.1. The Morgan fingerprint density at radius 3 is 2.68 bits per heavy atom. The van der Waals surface area contributed by atoms with Crippen LogP contribution >= 0.6 is 22.9 Å². The van der Waals surface area contributed by atoms with Crippen LogP contribution in [0.25, 0.3) is 10.9 Å². The maximum Gasteiger partial charge on any atom is 0.322 e. The summed E-state index contributed by atoms with van der Waals surface area (Å²) in [6.45, 7) is 2.66. The molecule has 0 unspecified atom stereocenters. The van der Waals surface area contributed by atoms with Gasteiger partial charge in [-0.15, -0.1) is 11.3 Å². The van der Waals surface area contributed by atoms with Crippen LogP contribution in [0.3, 0.4) is 0 Å². The lowest BCUT2D eigenvalue weighted by Gasteiger charge is -2.23. The van der Waals surface area contributed by atoms with Crippen molar-refractivity contribution in [2.45, 2.75) is 26.4 Å². The van der Waals surface area contributed by atoms with E-state index in [2.05, 4.69) is 23.3 Å². The predicted molar refractivity (Wildman–Crippen MR) is 128 cm³/mol. The molecule has 0 aliphatic carbocycles. The highest BCUT2D eigenvalue weighted by atomic mass is 35.5. The average Bonchev–Trinajstić information content (AvgIpc) is 3.28. The molecule has 158 valence electrons. The molecule has 5 nitrogen and oxygen atoms in total. The molecule has 0 saturated heterocycles. The molecule has 0 bridgehead atoms. The number of para-hydroxylation sites is 1. The minimum absolute atomic E-state index is 0.176. The van der Waals surface area contributed by atoms with Crippen LogP contribution in [-0.2, 0) is 19.5 Å². The van der Waals surface area contributed by atoms with E-state index in [1.165, 1.54) is 5.56 Å². The van der Waals surface area contributed by atoms with Crippen molar-refractivity contribution in [3.63, 3.8) is 0 Å². The normalized spacial score (nSPS) is 10.9. The SMILES string of the molecule is CCc1ccc2[nH]c(=O)c(CN(Cc3cccs3)C(=O)Nc3ccccc3Cl)cc2c1. The third kappa shape index (κ3) is 4.98. The Kier molecular flexibility index (Phi) is 6.39. The van der Waals surface area contributed by atoms with Crippen LogP contribution in [0.15, 0.2) is 70.8 Å². The molecular weight excluding hydrogens is 430 g/mol. The number of fused-ring (bicyclic) bond motifs is 1. The van der Waals surface area contributed by atoms with Gasteiger partial charge in [-0.25, -0.2) is 4.79 Å². The van der Waals surface area contributed by atoms with Crippen LogP contribution in [0.2, 0.25) is 5.02 Å². The van der Waals surface area contributed by atoms with E-state index >= 15 is 0 Å². The van der Waals surface area contributed by atoms with Gasteiger partial charge in [-0.2, -0.15) is 0 Å². The fourth-order valence-corrected chi connectivity index (χ4v) is 4.29. The molecule has 4 rings (SSSR count). The highest BCUT2D eigenvalue weighted by Gasteiger charge is 2.18. The summed E-state index contributed by atoms with van der Waals surface area (Å²) < 4.78 is 0. The number of hydrogen-bond donors (Lipinski definition) is 2. The van der Waals surface area contributed by atoms with Crippen LogP contribution in [0.4, 0.5) is 10.5 Å². The van der Waals surface area contributed by atoms with Crippen molar-refractivity contribution in [3.8, 4) is 0 Å². The van der Waals surface area contributed by atoms with Gasteiger partial charge in [0.05, 0.1) is 23.8 Å². The Morgan fingerprint density at radius 2 is 1.94 bits per heavy atom. The summed E-state index contributed by atoms with van der Waals surface area (Å²) in [6, 6.07) is 18.6. The Labute approximate surface area is 189 Å². The Hall–Kier alpha value is -3.09. The number of H-pyrrole nitrogens is 1. The second-order valence-electron chi connectivity index (χ2n) is 7.24. The van der Waals surface area contributed by atoms with Crippen molar-refractivity contribution in [1.82, 2.24) is 9.88 Å². The van der Waals surface area contributed by atoms with Crippen LogP contribution in [0.1, 0.15) is 22.9 Å². The number of nitrogens with zero attached hydrogens (tertiary/aromatic N) is 1. The number of aromatic nitrogens is 1. The van der Waals surface area contributed by atoms with Gasteiger partial charge >= 0.3 is 6.03 Å². The predicted octanol–water partition coefficient (Wildman–Crippen LogP) is 6.04. The highest BCUT2D eigenvalue weighted by molar-refractivity contribution is 7.09. The van der Waals surface area contributed by atoms with Gasteiger partial charge in [0.15, 0.2) is 0 Å². The van der Waals surface area contributed by atoms with Gasteiger partial charge < -0.3 is 15.2 Å². The van der Waals surface area contributed by atoms with Gasteiger partial charge in [0.2, 0.25) is 0 Å². The monoisotopic (exact) mass is 451 g/mol. The van der Waals surface area contributed by atoms with Crippen LogP contribution in [0, 0.1) is 0 Å². The molecule has 0 aliphatic heterocycles. The second kappa shape index (κ2) is 9.37. The first kappa shape index (κ1) is 21.2. The largest absolute Gasteiger partial charge is 0.322 e. The lowest BCUT2D eigenvalue weighted by molar-refractivity contribution is 0.207. The summed E-state index contributed by atoms with van der Waals surface area (Å²) in [7, 11) is 0. The number of aromatic amines is 1. The average molecular weight is 452 g/mol. The van der Waals surface area contributed by atoms with E-state index in [1.54, 1.807) is 34.4 Å². The molecule has 2 aromatic carbocycles. The van der Waals surface area contributed by atoms with Crippen LogP contribution in [-0.4, -0.2) is 15.9 Å². The van der Waals surface area contributed by atoms with E-state index < -0.39 is 0 Å². The zero-order valence-electron chi connectivity index (χ0n) is 17.0. The molecule has 0 fully saturated rings. The second-order valence-corrected chi connectivity index (χ2v) is 8.68. The Morgan fingerprint density at radius 1 is 1.10 bits per heavy atom. The summed E-state index contributed by atoms with van der Waals surface area (Å²) in [5.74, 6) is 0. The fraction of sp³-hybridized carbons (Fsp3) is 0.167. The van der Waals surface area contributed by atoms with E-state index in [-0.39, 0.29) is 18.1 Å². The molecule has 31 heavy (non-hydrogen) atoms. The van der Waals surface area contributed by atoms with E-state index in [0.717, 1.165) is 22.2 Å². The molecule has 0 atom stereocenters. The third-order valence-corrected chi connectivity index (χ3v) is 6.28. The smallest absolute Gasteiger partial charge is 0.322 e. The van der Waals surface area contributed by atoms with Crippen molar-refractivity contribution in [3.05, 3.63) is 97.4 Å². The number of aryl methyl sites for hydroxylation is 1. The Balaban J connectivity index is 1.65. The number of nitrogens with one attached hydrogen (secondary N) is 2. The minimum Gasteiger partial charge on any atom is -0.322 e. The first-order valence-electron chi connectivity index (χ1n) is 10.0. The fourth-order valence-electron chi connectivity index (χ4n) is 3.39. The molecule has 0 spiro atoms. The Bertz CT molecular complexity index is 1270. The van der Waals surface area contributed by atoms with Crippen molar-refractivity contribution >= 4 is 45.6 Å². The number of hydrogen-bond acceptors (Lipinski definition) is 3. The summed E-state index contributed by atoms with van der Waals surface area (Å²) >= 11 is 7.78. The zero-order chi connectivity index (χ0) is 21.8. The molecule has 0 radical (unpaired) electrons. The quantitative estimate of drug-likeness (QED) is 0.375. The first-order valence-corrected chi connectivity index (χ1v) is 11.3. The lowest BCUT2D eigenvalue weighted by atomic mass is 10.1. The number of carbonyl (C=O) groups is 1. The standard InChI is InChI=1S/C24H22ClN3O2S/c1-2-16-9-10-21-17(12-16)13-18(23(29)26-21)14-28(15-19-6-5-11-31-19)24(30)27-22-8-4-3-7-20(22)25/h3-13H,2,14-15H2,1H3,(H,26,29)(H,27,30). The molecule has 2 heterocycles. The van der Waals surface area contributed by atoms with Gasteiger partial charge in [0, 0.05) is 16.0 Å². The number of amides is 2. The number of anilines is 1. The van der Waals surface area contributed by atoms with Crippen molar-refractivity contribution < 1.29 is 4.79 Å². The number of rotatable bonds is 6. The zero-order valence-corrected chi connectivity index (χ0v) is 18.6. The summed E-state index contributed by atoms with van der Waals surface area (Å²) in [5.41, 5.74) is 2.85. The first-order chi connectivity index (χ1) is 15.0. The molecule has 7 heteroatoms. The summed E-state index contributed by atoms with van der Waals surface area (Å²) in [6.07, 6.45) is 0.912. The van der Waals surface area contributed by atoms with E-state index in [0.29, 0.717) is 22.8 Å². The summed E-state index contributed by atoms with van der Waals surface area (Å²) in [4.78, 5) is 31.4. The van der Waals surface area contributed by atoms with Crippen molar-refractivity contribution in [2.24, 2.45) is 0 Å². The van der Waals surface area contributed by atoms with E-state index in [9.17, 15) is 9.59 Å². The van der Waals surface area contributed by atoms with Crippen LogP contribution < -0.4 is 10.9 Å². The number of carbonyl (C=O) groups excluding carboxylic acids is 1. The molecule has 2 amide bonds. The molecular formula is C24H22ClN3O2S. The van der Waals surface area contributed by atoms with Crippen molar-refractivity contribution in [1.29, 1.82) is 0 Å². The molecule has 4 aromatic rings. The van der Waals surface area contributed by atoms with E-state index in [1.807, 2.05) is 41.8 Å². The van der Waals surface area contributed by atoms with Gasteiger partial charge in [-0.3, -0.25) is 4.79 Å². The van der Waals surface area contributed by atoms with Crippen LogP contribution in [0.5, 0.6) is 0 Å². The number of benzene rings is 2. The number of pyridine rings is 1. The minimum atomic E-state index is -0.316. The number of thiophene rings is 1. The molecule has 2 N–H and O–H groups in total. The topological polar surface area (TPSA) is 65.2 Å². The highest BCUT2D eigenvalue weighted by Crippen LogP contribution is 2.22. The van der Waals surface area contributed by atoms with Gasteiger partial charge in [0.25, 0.3) is 5.56 Å². The van der Waals surface area contributed by atoms with Gasteiger partial charge in [-0.1, -0.05) is 42.8 Å². The maximum absolute atomic E-state index is 13.1. The van der Waals surface area contributed by atoms with Gasteiger partial charge in [0.1, 0.15) is 0 Å².